The van der Waals surface area contributed by atoms with E-state index in [1.165, 1.54) is 50.2 Å². The Bertz CT molecular complexity index is 1490. The Balaban J connectivity index is 1.71. The number of aromatic nitrogens is 2. The van der Waals surface area contributed by atoms with Crippen LogP contribution in [-0.4, -0.2) is 9.55 Å². The van der Waals surface area contributed by atoms with Gasteiger partial charge in [-0.05, 0) is 88.4 Å². The number of rotatable bonds is 6. The topological polar surface area (TPSA) is 17.8 Å². The van der Waals surface area contributed by atoms with Gasteiger partial charge in [0.05, 0.1) is 5.69 Å². The lowest BCUT2D eigenvalue weighted by Crippen LogP contribution is -2.08. The van der Waals surface area contributed by atoms with Gasteiger partial charge < -0.3 is 0 Å². The van der Waals surface area contributed by atoms with Crippen LogP contribution in [0, 0.1) is 13.8 Å². The van der Waals surface area contributed by atoms with Gasteiger partial charge in [0.1, 0.15) is 5.82 Å². The van der Waals surface area contributed by atoms with Gasteiger partial charge in [0, 0.05) is 18.0 Å². The summed E-state index contributed by atoms with van der Waals surface area (Å²) in [6.07, 6.45) is 4.02. The molecular formula is C35H36N2. The fourth-order valence-corrected chi connectivity index (χ4v) is 5.41. The highest BCUT2D eigenvalue weighted by atomic mass is 15.1. The minimum atomic E-state index is 0.361. The van der Waals surface area contributed by atoms with Gasteiger partial charge in [0.15, 0.2) is 0 Å². The molecule has 0 aliphatic rings. The minimum absolute atomic E-state index is 0.361. The van der Waals surface area contributed by atoms with Gasteiger partial charge in [-0.15, -0.1) is 0 Å². The SMILES string of the molecule is Cc1cccc(C)c1-c1cccc(-c2cc(C(C)C)c(-n3ccnc3-c3ccccc3)c(C(C)C)c2)c1. The molecule has 0 amide bonds. The molecule has 0 aliphatic carbocycles. The molecule has 0 saturated heterocycles. The first kappa shape index (κ1) is 24.8. The molecule has 0 atom stereocenters. The third kappa shape index (κ3) is 4.76. The zero-order valence-electron chi connectivity index (χ0n) is 22.8. The number of benzene rings is 4. The number of hydrogen-bond acceptors (Lipinski definition) is 1. The van der Waals surface area contributed by atoms with E-state index in [2.05, 4.69) is 137 Å². The van der Waals surface area contributed by atoms with Crippen molar-refractivity contribution in [3.63, 3.8) is 0 Å². The van der Waals surface area contributed by atoms with Crippen LogP contribution >= 0.6 is 0 Å². The number of hydrogen-bond donors (Lipinski definition) is 0. The highest BCUT2D eigenvalue weighted by Crippen LogP contribution is 2.39. The largest absolute Gasteiger partial charge is 0.299 e. The number of nitrogens with zero attached hydrogens (tertiary/aromatic N) is 2. The third-order valence-electron chi connectivity index (χ3n) is 7.29. The van der Waals surface area contributed by atoms with Gasteiger partial charge in [-0.3, -0.25) is 4.57 Å². The Morgan fingerprint density at radius 2 is 1.16 bits per heavy atom. The molecule has 1 aromatic heterocycles. The molecule has 1 heterocycles. The lowest BCUT2D eigenvalue weighted by atomic mass is 9.87. The predicted molar refractivity (Wildman–Crippen MR) is 158 cm³/mol. The van der Waals surface area contributed by atoms with E-state index in [1.54, 1.807) is 0 Å². The van der Waals surface area contributed by atoms with Crippen LogP contribution in [0.3, 0.4) is 0 Å². The molecule has 5 rings (SSSR count). The molecule has 0 fully saturated rings. The van der Waals surface area contributed by atoms with Crippen LogP contribution in [0.5, 0.6) is 0 Å². The summed E-state index contributed by atoms with van der Waals surface area (Å²) in [5, 5.41) is 0. The lowest BCUT2D eigenvalue weighted by molar-refractivity contribution is 0.807. The normalized spacial score (nSPS) is 11.5. The second-order valence-corrected chi connectivity index (χ2v) is 10.6. The van der Waals surface area contributed by atoms with Gasteiger partial charge in [0.25, 0.3) is 0 Å². The van der Waals surface area contributed by atoms with Crippen molar-refractivity contribution < 1.29 is 0 Å². The van der Waals surface area contributed by atoms with Crippen molar-refractivity contribution in [3.05, 3.63) is 120 Å². The summed E-state index contributed by atoms with van der Waals surface area (Å²) in [6.45, 7) is 13.6. The predicted octanol–water partition coefficient (Wildman–Crippen LogP) is 9.74. The Labute approximate surface area is 221 Å². The minimum Gasteiger partial charge on any atom is -0.299 e. The van der Waals surface area contributed by atoms with Crippen molar-refractivity contribution in [3.8, 4) is 39.3 Å². The standard InChI is InChI=1S/C35H36N2/c1-23(2)31-21-30(28-16-11-17-29(20-28)33-25(5)12-10-13-26(33)6)22-32(24(3)4)34(31)37-19-18-36-35(37)27-14-8-7-9-15-27/h7-24H,1-6H3. The lowest BCUT2D eigenvalue weighted by Gasteiger charge is -2.24. The maximum Gasteiger partial charge on any atom is 0.144 e. The zero-order valence-corrected chi connectivity index (χ0v) is 22.8. The monoisotopic (exact) mass is 484 g/mol. The van der Waals surface area contributed by atoms with E-state index in [4.69, 9.17) is 4.98 Å². The molecule has 0 unspecified atom stereocenters. The van der Waals surface area contributed by atoms with Crippen LogP contribution in [0.4, 0.5) is 0 Å². The summed E-state index contributed by atoms with van der Waals surface area (Å²) in [7, 11) is 0. The summed E-state index contributed by atoms with van der Waals surface area (Å²) < 4.78 is 2.29. The molecule has 4 aromatic carbocycles. The highest BCUT2D eigenvalue weighted by molar-refractivity contribution is 5.78. The third-order valence-corrected chi connectivity index (χ3v) is 7.29. The molecule has 0 bridgehead atoms. The van der Waals surface area contributed by atoms with E-state index in [0.29, 0.717) is 11.8 Å². The Hall–Kier alpha value is -3.91. The van der Waals surface area contributed by atoms with Crippen molar-refractivity contribution in [2.24, 2.45) is 0 Å². The molecule has 5 aromatic rings. The van der Waals surface area contributed by atoms with Crippen molar-refractivity contribution in [1.82, 2.24) is 9.55 Å². The van der Waals surface area contributed by atoms with Crippen LogP contribution in [0.15, 0.2) is 97.3 Å². The van der Waals surface area contributed by atoms with E-state index < -0.39 is 0 Å². The molecule has 37 heavy (non-hydrogen) atoms. The molecule has 0 saturated carbocycles. The van der Waals surface area contributed by atoms with Crippen LogP contribution in [0.2, 0.25) is 0 Å². The summed E-state index contributed by atoms with van der Waals surface area (Å²) in [5.41, 5.74) is 12.8. The molecule has 186 valence electrons. The van der Waals surface area contributed by atoms with Gasteiger partial charge in [-0.2, -0.15) is 0 Å². The molecule has 2 heteroatoms. The van der Waals surface area contributed by atoms with Gasteiger partial charge in [-0.25, -0.2) is 4.98 Å². The van der Waals surface area contributed by atoms with Gasteiger partial charge >= 0.3 is 0 Å². The quantitative estimate of drug-likeness (QED) is 0.234. The summed E-state index contributed by atoms with van der Waals surface area (Å²) in [5.74, 6) is 1.70. The Morgan fingerprint density at radius 3 is 1.78 bits per heavy atom. The number of aryl methyl sites for hydroxylation is 2. The van der Waals surface area contributed by atoms with Gasteiger partial charge in [0.2, 0.25) is 0 Å². The van der Waals surface area contributed by atoms with E-state index in [9.17, 15) is 0 Å². The zero-order chi connectivity index (χ0) is 26.1. The maximum atomic E-state index is 4.77. The molecule has 0 N–H and O–H groups in total. The van der Waals surface area contributed by atoms with E-state index >= 15 is 0 Å². The molecule has 0 spiro atoms. The first-order valence-electron chi connectivity index (χ1n) is 13.3. The fraction of sp³-hybridized carbons (Fsp3) is 0.229. The Morgan fingerprint density at radius 1 is 0.595 bits per heavy atom. The van der Waals surface area contributed by atoms with E-state index in [0.717, 1.165) is 11.4 Å². The Kier molecular flexibility index (Phi) is 6.84. The van der Waals surface area contributed by atoms with E-state index in [1.807, 2.05) is 6.20 Å². The first-order valence-corrected chi connectivity index (χ1v) is 13.3. The second kappa shape index (κ2) is 10.2. The van der Waals surface area contributed by atoms with Crippen molar-refractivity contribution >= 4 is 0 Å². The second-order valence-electron chi connectivity index (χ2n) is 10.6. The molecular weight excluding hydrogens is 448 g/mol. The van der Waals surface area contributed by atoms with Crippen molar-refractivity contribution in [2.45, 2.75) is 53.4 Å². The fourth-order valence-electron chi connectivity index (χ4n) is 5.41. The number of imidazole rings is 1. The van der Waals surface area contributed by atoms with E-state index in [-0.39, 0.29) is 0 Å². The summed E-state index contributed by atoms with van der Waals surface area (Å²) in [6, 6.07) is 30.8. The van der Waals surface area contributed by atoms with Crippen molar-refractivity contribution in [1.29, 1.82) is 0 Å². The smallest absolute Gasteiger partial charge is 0.144 e. The van der Waals surface area contributed by atoms with Crippen LogP contribution in [0.25, 0.3) is 39.3 Å². The van der Waals surface area contributed by atoms with Crippen LogP contribution in [0.1, 0.15) is 61.8 Å². The summed E-state index contributed by atoms with van der Waals surface area (Å²) >= 11 is 0. The van der Waals surface area contributed by atoms with Gasteiger partial charge in [-0.1, -0.05) is 94.4 Å². The molecule has 0 aliphatic heterocycles. The highest BCUT2D eigenvalue weighted by Gasteiger charge is 2.21. The molecule has 0 radical (unpaired) electrons. The molecule has 2 nitrogen and oxygen atoms in total. The van der Waals surface area contributed by atoms with Crippen LogP contribution < -0.4 is 0 Å². The van der Waals surface area contributed by atoms with Crippen molar-refractivity contribution in [2.75, 3.05) is 0 Å². The average molecular weight is 485 g/mol. The maximum absolute atomic E-state index is 4.77. The average Bonchev–Trinajstić information content (AvgIpc) is 3.38. The van der Waals surface area contributed by atoms with Crippen LogP contribution in [-0.2, 0) is 0 Å². The summed E-state index contributed by atoms with van der Waals surface area (Å²) in [4.78, 5) is 4.77. The first-order chi connectivity index (χ1) is 17.8.